The highest BCUT2D eigenvalue weighted by Gasteiger charge is 2.64. The lowest BCUT2D eigenvalue weighted by Crippen LogP contribution is -2.62. The molecule has 4 saturated carbocycles. The number of benzene rings is 2. The number of nitrogens with one attached hydrogen (secondary N) is 1. The van der Waals surface area contributed by atoms with Crippen molar-refractivity contribution in [1.29, 1.82) is 0 Å². The molecule has 7 nitrogen and oxygen atoms in total. The fourth-order valence-electron chi connectivity index (χ4n) is 11.6. The molecule has 47 heavy (non-hydrogen) atoms. The molecule has 0 heterocycles. The van der Waals surface area contributed by atoms with Gasteiger partial charge in [-0.2, -0.15) is 5.48 Å². The molecule has 252 valence electrons. The number of aliphatic carboxylic acids is 1. The molecule has 0 amide bonds. The van der Waals surface area contributed by atoms with E-state index in [2.05, 4.69) is 74.8 Å². The minimum absolute atomic E-state index is 0.00322. The number of carboxylic acids is 1. The molecule has 4 N–H and O–H groups in total. The van der Waals surface area contributed by atoms with Gasteiger partial charge in [0.25, 0.3) is 0 Å². The van der Waals surface area contributed by atoms with Gasteiger partial charge in [0.1, 0.15) is 5.78 Å². The Morgan fingerprint density at radius 3 is 2.34 bits per heavy atom. The van der Waals surface area contributed by atoms with E-state index in [0.717, 1.165) is 32.1 Å². The molecule has 0 spiro atoms. The van der Waals surface area contributed by atoms with E-state index in [9.17, 15) is 19.5 Å². The zero-order valence-corrected chi connectivity index (χ0v) is 28.3. The summed E-state index contributed by atoms with van der Waals surface area (Å²) in [5, 5.41) is 9.26. The number of fused-ring (bicyclic) bond motifs is 8. The molecule has 9 atom stereocenters. The topological polar surface area (TPSA) is 119 Å². The third-order valence-electron chi connectivity index (χ3n) is 14.3. The second kappa shape index (κ2) is 12.2. The van der Waals surface area contributed by atoms with Gasteiger partial charge in [0, 0.05) is 24.2 Å². The van der Waals surface area contributed by atoms with Gasteiger partial charge in [-0.1, -0.05) is 69.3 Å². The first-order chi connectivity index (χ1) is 22.5. The highest BCUT2D eigenvalue weighted by Crippen LogP contribution is 2.67. The number of rotatable bonds is 10. The van der Waals surface area contributed by atoms with Crippen molar-refractivity contribution in [2.75, 3.05) is 13.2 Å². The van der Waals surface area contributed by atoms with Crippen molar-refractivity contribution < 1.29 is 24.3 Å². The van der Waals surface area contributed by atoms with Crippen LogP contribution >= 0.6 is 0 Å². The third kappa shape index (κ3) is 5.32. The van der Waals surface area contributed by atoms with E-state index in [0.29, 0.717) is 61.7 Å². The maximum Gasteiger partial charge on any atom is 0.303 e. The van der Waals surface area contributed by atoms with Gasteiger partial charge in [0.2, 0.25) is 0 Å². The predicted molar refractivity (Wildman–Crippen MR) is 181 cm³/mol. The van der Waals surface area contributed by atoms with E-state index in [1.165, 1.54) is 22.3 Å². The highest BCUT2D eigenvalue weighted by molar-refractivity contribution is 5.90. The number of nitrogens with two attached hydrogens (primary N) is 1. The summed E-state index contributed by atoms with van der Waals surface area (Å²) in [5.41, 5.74) is 13.7. The summed E-state index contributed by atoms with van der Waals surface area (Å²) in [6.07, 6.45) is 7.82. The summed E-state index contributed by atoms with van der Waals surface area (Å²) in [4.78, 5) is 45.0. The van der Waals surface area contributed by atoms with Crippen LogP contribution in [0, 0.1) is 46.3 Å². The van der Waals surface area contributed by atoms with Crippen molar-refractivity contribution >= 4 is 17.5 Å². The van der Waals surface area contributed by atoms with E-state index in [1.807, 2.05) is 0 Å². The average Bonchev–Trinajstić information content (AvgIpc) is 3.58. The second-order valence-corrected chi connectivity index (χ2v) is 16.3. The van der Waals surface area contributed by atoms with E-state index in [1.54, 1.807) is 0 Å². The van der Waals surface area contributed by atoms with Crippen molar-refractivity contribution in [2.24, 2.45) is 52.1 Å². The van der Waals surface area contributed by atoms with Gasteiger partial charge in [-0.15, -0.1) is 0 Å². The monoisotopic (exact) mass is 640 g/mol. The molecule has 2 aromatic rings. The van der Waals surface area contributed by atoms with E-state index in [4.69, 9.17) is 10.6 Å². The van der Waals surface area contributed by atoms with Crippen LogP contribution in [-0.4, -0.2) is 41.3 Å². The minimum Gasteiger partial charge on any atom is -0.481 e. The molecular weight excluding hydrogens is 588 g/mol. The summed E-state index contributed by atoms with van der Waals surface area (Å²) in [6.45, 7) is 7.28. The number of hydrogen-bond donors (Lipinski definition) is 3. The average molecular weight is 641 g/mol. The first-order valence-corrected chi connectivity index (χ1v) is 18.1. The Balaban J connectivity index is 0.970. The van der Waals surface area contributed by atoms with Gasteiger partial charge in [0.05, 0.1) is 18.7 Å². The Morgan fingerprint density at radius 1 is 0.979 bits per heavy atom. The molecule has 7 heteroatoms. The fraction of sp³-hybridized carbons (Fsp3) is 0.625. The molecule has 0 saturated heterocycles. The SMILES string of the molecule is C[C@H](CCC(=O)O)[C@H]1CC[C@H]2[C@@H]3CC[C@@H]4C[C@](N)(C(=O)CNOCC5c6ccccc6-c6ccccc65)CC[C@]4(C)[C@H]3CC(=O)[C@]12C. The van der Waals surface area contributed by atoms with Crippen LogP contribution < -0.4 is 11.2 Å². The van der Waals surface area contributed by atoms with Gasteiger partial charge in [0.15, 0.2) is 5.78 Å². The number of hydroxylamine groups is 1. The van der Waals surface area contributed by atoms with Crippen molar-refractivity contribution in [3.8, 4) is 11.1 Å². The number of hydrogen-bond acceptors (Lipinski definition) is 6. The number of carbonyl (C=O) groups excluding carboxylic acids is 2. The number of ketones is 2. The van der Waals surface area contributed by atoms with Gasteiger partial charge < -0.3 is 15.7 Å². The lowest BCUT2D eigenvalue weighted by molar-refractivity contribution is -0.161. The van der Waals surface area contributed by atoms with Gasteiger partial charge in [-0.25, -0.2) is 0 Å². The van der Waals surface area contributed by atoms with Crippen LogP contribution in [0.15, 0.2) is 48.5 Å². The predicted octanol–water partition coefficient (Wildman–Crippen LogP) is 6.93. The van der Waals surface area contributed by atoms with Crippen LogP contribution in [-0.2, 0) is 19.2 Å². The molecule has 2 aromatic carbocycles. The molecule has 0 bridgehead atoms. The first kappa shape index (κ1) is 32.7. The Kier molecular flexibility index (Phi) is 8.50. The van der Waals surface area contributed by atoms with Crippen molar-refractivity contribution in [3.05, 3.63) is 59.7 Å². The summed E-state index contributed by atoms with van der Waals surface area (Å²) < 4.78 is 0. The van der Waals surface area contributed by atoms with E-state index < -0.39 is 11.5 Å². The Labute approximate surface area is 279 Å². The largest absolute Gasteiger partial charge is 0.481 e. The number of carboxylic acid groups (broad SMARTS) is 1. The highest BCUT2D eigenvalue weighted by atomic mass is 16.6. The summed E-state index contributed by atoms with van der Waals surface area (Å²) in [7, 11) is 0. The quantitative estimate of drug-likeness (QED) is 0.190. The molecule has 5 aliphatic rings. The normalized spacial score (nSPS) is 36.5. The standard InChI is InChI=1S/C40H52N2O5/c1-24(12-17-37(45)46)32-15-16-33-30-14-13-25-21-40(41,19-18-38(25,2)34(30)20-35(43)39(32,33)3)36(44)22-42-47-23-31-28-10-6-4-8-26(28)27-9-5-7-11-29(27)31/h4-11,24-25,30-34,42H,12-23,41H2,1-3H3,(H,45,46)/t24-,25-,30+,32-,33+,34+,38+,39-,40+/m1/s1. The van der Waals surface area contributed by atoms with Crippen LogP contribution in [0.4, 0.5) is 0 Å². The molecular formula is C40H52N2O5. The molecule has 0 aliphatic heterocycles. The minimum atomic E-state index is -0.884. The molecule has 7 rings (SSSR count). The Morgan fingerprint density at radius 2 is 1.66 bits per heavy atom. The van der Waals surface area contributed by atoms with Crippen molar-refractivity contribution in [2.45, 2.75) is 96.4 Å². The molecule has 5 aliphatic carbocycles. The lowest BCUT2D eigenvalue weighted by Gasteiger charge is -2.61. The number of carbonyl (C=O) groups is 3. The summed E-state index contributed by atoms with van der Waals surface area (Å²) >= 11 is 0. The van der Waals surface area contributed by atoms with Crippen LogP contribution in [0.5, 0.6) is 0 Å². The maximum atomic E-state index is 14.1. The van der Waals surface area contributed by atoms with Crippen LogP contribution in [0.3, 0.4) is 0 Å². The van der Waals surface area contributed by atoms with E-state index >= 15 is 0 Å². The van der Waals surface area contributed by atoms with Gasteiger partial charge >= 0.3 is 5.97 Å². The molecule has 4 fully saturated rings. The summed E-state index contributed by atoms with van der Waals surface area (Å²) in [6, 6.07) is 16.9. The second-order valence-electron chi connectivity index (χ2n) is 16.3. The van der Waals surface area contributed by atoms with E-state index in [-0.39, 0.29) is 47.3 Å². The van der Waals surface area contributed by atoms with Crippen LogP contribution in [0.25, 0.3) is 11.1 Å². The molecule has 0 unspecified atom stereocenters. The maximum absolute atomic E-state index is 14.1. The zero-order valence-electron chi connectivity index (χ0n) is 28.3. The molecule has 0 aromatic heterocycles. The van der Waals surface area contributed by atoms with Gasteiger partial charge in [-0.05, 0) is 115 Å². The Bertz CT molecular complexity index is 1510. The molecule has 0 radical (unpaired) electrons. The zero-order chi connectivity index (χ0) is 33.1. The third-order valence-corrected chi connectivity index (χ3v) is 14.3. The lowest BCUT2D eigenvalue weighted by atomic mass is 9.43. The number of Topliss-reactive ketones (excluding diaryl/α,β-unsaturated/α-hetero) is 2. The smallest absolute Gasteiger partial charge is 0.303 e. The fourth-order valence-corrected chi connectivity index (χ4v) is 11.6. The summed E-state index contributed by atoms with van der Waals surface area (Å²) in [5.74, 6) is 1.79. The van der Waals surface area contributed by atoms with Crippen LogP contribution in [0.1, 0.15) is 102 Å². The van der Waals surface area contributed by atoms with Crippen molar-refractivity contribution in [3.63, 3.8) is 0 Å². The van der Waals surface area contributed by atoms with Crippen LogP contribution in [0.2, 0.25) is 0 Å². The first-order valence-electron chi connectivity index (χ1n) is 18.1. The Hall–Kier alpha value is -2.87. The van der Waals surface area contributed by atoms with Gasteiger partial charge in [-0.3, -0.25) is 14.4 Å². The van der Waals surface area contributed by atoms with Crippen molar-refractivity contribution in [1.82, 2.24) is 5.48 Å².